The third-order valence-electron chi connectivity index (χ3n) is 3.83. The molecule has 0 saturated carbocycles. The van der Waals surface area contributed by atoms with Crippen LogP contribution in [0.4, 0.5) is 10.1 Å². The van der Waals surface area contributed by atoms with Crippen LogP contribution in [0.5, 0.6) is 0 Å². The van der Waals surface area contributed by atoms with Gasteiger partial charge in [-0.2, -0.15) is 0 Å². The molecular weight excluding hydrogens is 277 g/mol. The zero-order chi connectivity index (χ0) is 15.5. The molecule has 2 rings (SSSR count). The molecule has 1 amide bonds. The molecule has 0 unspecified atom stereocenters. The van der Waals surface area contributed by atoms with Crippen LogP contribution in [0.3, 0.4) is 0 Å². The Morgan fingerprint density at radius 3 is 2.76 bits per heavy atom. The Morgan fingerprint density at radius 2 is 2.14 bits per heavy atom. The van der Waals surface area contributed by atoms with Crippen molar-refractivity contribution < 1.29 is 19.1 Å². The SMILES string of the molecule is Cc1ccc(F)cc1NC(=O)C1(C(N)=NO)CCOCC1. The van der Waals surface area contributed by atoms with Gasteiger partial charge in [0.2, 0.25) is 5.91 Å². The van der Waals surface area contributed by atoms with E-state index < -0.39 is 17.1 Å². The van der Waals surface area contributed by atoms with Gasteiger partial charge in [0.05, 0.1) is 0 Å². The summed E-state index contributed by atoms with van der Waals surface area (Å²) < 4.78 is 18.5. The molecule has 0 bridgehead atoms. The topological polar surface area (TPSA) is 96.9 Å². The normalized spacial score (nSPS) is 18.3. The lowest BCUT2D eigenvalue weighted by molar-refractivity contribution is -0.126. The van der Waals surface area contributed by atoms with Crippen molar-refractivity contribution in [1.29, 1.82) is 0 Å². The number of nitrogens with zero attached hydrogens (tertiary/aromatic N) is 1. The summed E-state index contributed by atoms with van der Waals surface area (Å²) >= 11 is 0. The van der Waals surface area contributed by atoms with E-state index in [9.17, 15) is 9.18 Å². The molecule has 1 aliphatic heterocycles. The second kappa shape index (κ2) is 6.09. The molecule has 1 aromatic carbocycles. The third kappa shape index (κ3) is 2.97. The standard InChI is InChI=1S/C14H18FN3O3/c1-9-2-3-10(15)8-11(9)17-13(19)14(12(16)18-20)4-6-21-7-5-14/h2-3,8,20H,4-7H2,1H3,(H2,16,18)(H,17,19). The van der Waals surface area contributed by atoms with E-state index in [1.165, 1.54) is 12.1 Å². The third-order valence-corrected chi connectivity index (χ3v) is 3.83. The van der Waals surface area contributed by atoms with Crippen molar-refractivity contribution >= 4 is 17.4 Å². The molecule has 4 N–H and O–H groups in total. The lowest BCUT2D eigenvalue weighted by atomic mass is 9.78. The predicted octanol–water partition coefficient (Wildman–Crippen LogP) is 1.62. The number of carbonyl (C=O) groups excluding carboxylic acids is 1. The van der Waals surface area contributed by atoms with Crippen LogP contribution in [0.1, 0.15) is 18.4 Å². The number of amides is 1. The Hall–Kier alpha value is -2.15. The van der Waals surface area contributed by atoms with Gasteiger partial charge in [-0.05, 0) is 37.5 Å². The fourth-order valence-electron chi connectivity index (χ4n) is 2.39. The first-order chi connectivity index (χ1) is 9.99. The van der Waals surface area contributed by atoms with Gasteiger partial charge in [-0.3, -0.25) is 4.79 Å². The zero-order valence-corrected chi connectivity index (χ0v) is 11.7. The maximum Gasteiger partial charge on any atom is 0.238 e. The average Bonchev–Trinajstić information content (AvgIpc) is 2.50. The van der Waals surface area contributed by atoms with E-state index in [1.54, 1.807) is 13.0 Å². The molecule has 114 valence electrons. The number of hydrogen-bond acceptors (Lipinski definition) is 4. The van der Waals surface area contributed by atoms with Gasteiger partial charge < -0.3 is 21.0 Å². The number of nitrogens with one attached hydrogen (secondary N) is 1. The maximum atomic E-state index is 13.3. The summed E-state index contributed by atoms with van der Waals surface area (Å²) in [4.78, 5) is 12.6. The number of rotatable bonds is 3. The fraction of sp³-hybridized carbons (Fsp3) is 0.429. The van der Waals surface area contributed by atoms with Crippen LogP contribution in [-0.4, -0.2) is 30.2 Å². The molecule has 0 radical (unpaired) electrons. The molecule has 1 heterocycles. The van der Waals surface area contributed by atoms with Crippen LogP contribution in [0.15, 0.2) is 23.4 Å². The number of ether oxygens (including phenoxy) is 1. The highest BCUT2D eigenvalue weighted by molar-refractivity contribution is 6.12. The van der Waals surface area contributed by atoms with Gasteiger partial charge in [0.25, 0.3) is 0 Å². The number of carbonyl (C=O) groups is 1. The molecule has 1 aliphatic rings. The van der Waals surface area contributed by atoms with Crippen molar-refractivity contribution in [2.75, 3.05) is 18.5 Å². The van der Waals surface area contributed by atoms with Gasteiger partial charge in [-0.25, -0.2) is 4.39 Å². The van der Waals surface area contributed by atoms with E-state index in [0.29, 0.717) is 31.7 Å². The molecule has 1 fully saturated rings. The van der Waals surface area contributed by atoms with Crippen LogP contribution in [0, 0.1) is 18.2 Å². The highest BCUT2D eigenvalue weighted by Gasteiger charge is 2.44. The summed E-state index contributed by atoms with van der Waals surface area (Å²) in [5, 5.41) is 14.6. The molecule has 0 spiro atoms. The van der Waals surface area contributed by atoms with Crippen LogP contribution >= 0.6 is 0 Å². The molecule has 0 aliphatic carbocycles. The minimum Gasteiger partial charge on any atom is -0.409 e. The monoisotopic (exact) mass is 295 g/mol. The fourth-order valence-corrected chi connectivity index (χ4v) is 2.39. The molecule has 6 nitrogen and oxygen atoms in total. The number of anilines is 1. The Kier molecular flexibility index (Phi) is 4.42. The Morgan fingerprint density at radius 1 is 1.48 bits per heavy atom. The lowest BCUT2D eigenvalue weighted by Gasteiger charge is -2.34. The van der Waals surface area contributed by atoms with Crippen molar-refractivity contribution in [3.05, 3.63) is 29.6 Å². The van der Waals surface area contributed by atoms with E-state index in [1.807, 2.05) is 0 Å². The second-order valence-corrected chi connectivity index (χ2v) is 5.09. The molecule has 0 aromatic heterocycles. The van der Waals surface area contributed by atoms with E-state index in [-0.39, 0.29) is 5.84 Å². The van der Waals surface area contributed by atoms with Gasteiger partial charge in [0.1, 0.15) is 11.2 Å². The number of amidine groups is 1. The average molecular weight is 295 g/mol. The molecule has 7 heteroatoms. The summed E-state index contributed by atoms with van der Waals surface area (Å²) in [6.45, 7) is 2.44. The minimum absolute atomic E-state index is 0.155. The van der Waals surface area contributed by atoms with Crippen molar-refractivity contribution in [2.24, 2.45) is 16.3 Å². The van der Waals surface area contributed by atoms with Crippen LogP contribution in [0.25, 0.3) is 0 Å². The summed E-state index contributed by atoms with van der Waals surface area (Å²) in [7, 11) is 0. The Labute approximate surface area is 121 Å². The van der Waals surface area contributed by atoms with Crippen LogP contribution < -0.4 is 11.1 Å². The first-order valence-corrected chi connectivity index (χ1v) is 6.63. The van der Waals surface area contributed by atoms with Crippen molar-refractivity contribution in [3.63, 3.8) is 0 Å². The summed E-state index contributed by atoms with van der Waals surface area (Å²) in [6, 6.07) is 4.14. The van der Waals surface area contributed by atoms with Crippen LogP contribution in [0.2, 0.25) is 0 Å². The molecule has 1 aromatic rings. The molecular formula is C14H18FN3O3. The lowest BCUT2D eigenvalue weighted by Crippen LogP contribution is -2.50. The van der Waals surface area contributed by atoms with Gasteiger partial charge >= 0.3 is 0 Å². The first kappa shape index (κ1) is 15.2. The number of hydrogen-bond donors (Lipinski definition) is 3. The molecule has 21 heavy (non-hydrogen) atoms. The molecule has 0 atom stereocenters. The summed E-state index contributed by atoms with van der Waals surface area (Å²) in [6.07, 6.45) is 0.617. The largest absolute Gasteiger partial charge is 0.409 e. The highest BCUT2D eigenvalue weighted by Crippen LogP contribution is 2.33. The van der Waals surface area contributed by atoms with Crippen molar-refractivity contribution in [3.8, 4) is 0 Å². The highest BCUT2D eigenvalue weighted by atomic mass is 19.1. The number of benzene rings is 1. The number of oxime groups is 1. The first-order valence-electron chi connectivity index (χ1n) is 6.63. The van der Waals surface area contributed by atoms with Gasteiger partial charge in [-0.15, -0.1) is 0 Å². The Balaban J connectivity index is 2.29. The van der Waals surface area contributed by atoms with Crippen LogP contribution in [-0.2, 0) is 9.53 Å². The summed E-state index contributed by atoms with van der Waals surface area (Å²) in [5.74, 6) is -1.02. The Bertz CT molecular complexity index is 569. The van der Waals surface area contributed by atoms with E-state index in [4.69, 9.17) is 15.7 Å². The van der Waals surface area contributed by atoms with Gasteiger partial charge in [-0.1, -0.05) is 11.2 Å². The van der Waals surface area contributed by atoms with Crippen molar-refractivity contribution in [2.45, 2.75) is 19.8 Å². The van der Waals surface area contributed by atoms with Gasteiger partial charge in [0, 0.05) is 18.9 Å². The van der Waals surface area contributed by atoms with E-state index in [0.717, 1.165) is 5.56 Å². The number of aryl methyl sites for hydroxylation is 1. The maximum absolute atomic E-state index is 13.3. The minimum atomic E-state index is -1.13. The number of halogens is 1. The zero-order valence-electron chi connectivity index (χ0n) is 11.7. The quantitative estimate of drug-likeness (QED) is 0.341. The van der Waals surface area contributed by atoms with E-state index >= 15 is 0 Å². The smallest absolute Gasteiger partial charge is 0.238 e. The molecule has 1 saturated heterocycles. The summed E-state index contributed by atoms with van der Waals surface area (Å²) in [5.41, 5.74) is 5.68. The number of nitrogens with two attached hydrogens (primary N) is 1. The van der Waals surface area contributed by atoms with E-state index in [2.05, 4.69) is 10.5 Å². The predicted molar refractivity (Wildman–Crippen MR) is 75.7 cm³/mol. The second-order valence-electron chi connectivity index (χ2n) is 5.09. The van der Waals surface area contributed by atoms with Crippen molar-refractivity contribution in [1.82, 2.24) is 0 Å². The van der Waals surface area contributed by atoms with Gasteiger partial charge in [0.15, 0.2) is 5.84 Å².